The molecule has 0 radical (unpaired) electrons. The van der Waals surface area contributed by atoms with Crippen molar-refractivity contribution in [3.8, 4) is 0 Å². The van der Waals surface area contributed by atoms with Crippen molar-refractivity contribution in [2.75, 3.05) is 13.1 Å². The summed E-state index contributed by atoms with van der Waals surface area (Å²) in [7, 11) is 0. The van der Waals surface area contributed by atoms with E-state index in [1.165, 1.54) is 11.2 Å². The Morgan fingerprint density at radius 3 is 2.59 bits per heavy atom. The van der Waals surface area contributed by atoms with Crippen molar-refractivity contribution in [1.29, 1.82) is 0 Å². The fraction of sp³-hybridized carbons (Fsp3) is 0.684. The number of nitrogens with zero attached hydrogens (tertiary/aromatic N) is 4. The molecule has 0 bridgehead atoms. The summed E-state index contributed by atoms with van der Waals surface area (Å²) in [5.41, 5.74) is 0.704. The van der Waals surface area contributed by atoms with Gasteiger partial charge in [-0.25, -0.2) is 9.78 Å². The SMILES string of the molecule is CC(C)CCN1CC2N(C(=O)O)O[C@H](C(C)C)C(=O)N2[C@@H](Cc2cnc[nH]2)C1=O. The topological polar surface area (TPSA) is 119 Å². The van der Waals surface area contributed by atoms with Crippen molar-refractivity contribution in [3.63, 3.8) is 0 Å². The van der Waals surface area contributed by atoms with Crippen molar-refractivity contribution in [3.05, 3.63) is 18.2 Å². The standard InChI is InChI=1S/C19H29N5O5/c1-11(2)5-6-22-9-15-23(14(17(22)25)7-13-8-20-10-21-13)18(26)16(12(3)4)29-24(15)19(27)28/h8,10-12,14-16H,5-7,9H2,1-4H3,(H,20,21)(H,27,28)/t14-,15?,16+/m0/s1. The number of fused-ring (bicyclic) bond motifs is 1. The zero-order chi connectivity index (χ0) is 21.3. The predicted octanol–water partition coefficient (Wildman–Crippen LogP) is 1.31. The maximum atomic E-state index is 13.3. The van der Waals surface area contributed by atoms with Gasteiger partial charge in [-0.05, 0) is 18.3 Å². The lowest BCUT2D eigenvalue weighted by atomic mass is 9.98. The minimum Gasteiger partial charge on any atom is -0.463 e. The number of piperazine rings is 1. The van der Waals surface area contributed by atoms with Crippen molar-refractivity contribution >= 4 is 17.9 Å². The largest absolute Gasteiger partial charge is 0.463 e. The van der Waals surface area contributed by atoms with Gasteiger partial charge < -0.3 is 19.9 Å². The van der Waals surface area contributed by atoms with E-state index >= 15 is 0 Å². The number of H-pyrrole nitrogens is 1. The Hall–Kier alpha value is -2.62. The molecule has 0 saturated carbocycles. The summed E-state index contributed by atoms with van der Waals surface area (Å²) in [4.78, 5) is 54.0. The van der Waals surface area contributed by atoms with Crippen LogP contribution in [0.15, 0.2) is 12.5 Å². The molecule has 1 unspecified atom stereocenters. The average Bonchev–Trinajstić information content (AvgIpc) is 3.15. The second kappa shape index (κ2) is 8.40. The lowest BCUT2D eigenvalue weighted by molar-refractivity contribution is -0.271. The lowest BCUT2D eigenvalue weighted by Gasteiger charge is -2.52. The second-order valence-electron chi connectivity index (χ2n) is 8.37. The summed E-state index contributed by atoms with van der Waals surface area (Å²) >= 11 is 0. The molecule has 2 aliphatic heterocycles. The Kier molecular flexibility index (Phi) is 6.11. The van der Waals surface area contributed by atoms with E-state index in [9.17, 15) is 19.5 Å². The van der Waals surface area contributed by atoms with E-state index in [0.717, 1.165) is 11.5 Å². The quantitative estimate of drug-likeness (QED) is 0.734. The first-order valence-corrected chi connectivity index (χ1v) is 9.97. The van der Waals surface area contributed by atoms with Gasteiger partial charge in [0.1, 0.15) is 6.04 Å². The average molecular weight is 407 g/mol. The number of aromatic nitrogens is 2. The number of carboxylic acid groups (broad SMARTS) is 1. The van der Waals surface area contributed by atoms with Gasteiger partial charge in [-0.3, -0.25) is 14.4 Å². The van der Waals surface area contributed by atoms with Crippen LogP contribution in [0.2, 0.25) is 0 Å². The van der Waals surface area contributed by atoms with Crippen LogP contribution in [0.4, 0.5) is 4.79 Å². The molecule has 10 heteroatoms. The highest BCUT2D eigenvalue weighted by atomic mass is 16.7. The number of rotatable bonds is 6. The highest BCUT2D eigenvalue weighted by Crippen LogP contribution is 2.31. The number of carbonyl (C=O) groups excluding carboxylic acids is 2. The van der Waals surface area contributed by atoms with E-state index in [2.05, 4.69) is 23.8 Å². The molecular weight excluding hydrogens is 378 g/mol. The maximum Gasteiger partial charge on any atom is 0.433 e. The lowest BCUT2D eigenvalue weighted by Crippen LogP contribution is -2.74. The molecular formula is C19H29N5O5. The van der Waals surface area contributed by atoms with Crippen molar-refractivity contribution in [1.82, 2.24) is 24.8 Å². The van der Waals surface area contributed by atoms with Crippen LogP contribution in [0.3, 0.4) is 0 Å². The van der Waals surface area contributed by atoms with Gasteiger partial charge in [0.25, 0.3) is 5.91 Å². The highest BCUT2D eigenvalue weighted by Gasteiger charge is 2.53. The van der Waals surface area contributed by atoms with Crippen LogP contribution in [0, 0.1) is 11.8 Å². The molecule has 2 aliphatic rings. The number of carbonyl (C=O) groups is 3. The minimum atomic E-state index is -1.28. The number of amides is 3. The Morgan fingerprint density at radius 1 is 1.31 bits per heavy atom. The van der Waals surface area contributed by atoms with E-state index in [0.29, 0.717) is 18.2 Å². The van der Waals surface area contributed by atoms with Crippen LogP contribution in [-0.4, -0.2) is 79.2 Å². The predicted molar refractivity (Wildman–Crippen MR) is 102 cm³/mol. The maximum absolute atomic E-state index is 13.3. The zero-order valence-corrected chi connectivity index (χ0v) is 17.2. The molecule has 0 aliphatic carbocycles. The van der Waals surface area contributed by atoms with E-state index in [-0.39, 0.29) is 30.7 Å². The summed E-state index contributed by atoms with van der Waals surface area (Å²) in [5, 5.41) is 10.6. The fourth-order valence-corrected chi connectivity index (χ4v) is 3.77. The summed E-state index contributed by atoms with van der Waals surface area (Å²) in [6.45, 7) is 8.28. The fourth-order valence-electron chi connectivity index (χ4n) is 3.77. The van der Waals surface area contributed by atoms with Gasteiger partial charge in [0.2, 0.25) is 5.91 Å². The Labute approximate surface area is 169 Å². The zero-order valence-electron chi connectivity index (χ0n) is 17.2. The van der Waals surface area contributed by atoms with Gasteiger partial charge in [0, 0.05) is 24.9 Å². The molecule has 160 valence electrons. The number of aromatic amines is 1. The van der Waals surface area contributed by atoms with Crippen LogP contribution in [0.25, 0.3) is 0 Å². The van der Waals surface area contributed by atoms with Crippen LogP contribution in [0.1, 0.15) is 39.8 Å². The van der Waals surface area contributed by atoms with Gasteiger partial charge in [0.05, 0.1) is 12.9 Å². The smallest absolute Gasteiger partial charge is 0.433 e. The normalized spacial score (nSPS) is 25.2. The molecule has 2 fully saturated rings. The van der Waals surface area contributed by atoms with E-state index in [1.54, 1.807) is 24.9 Å². The summed E-state index contributed by atoms with van der Waals surface area (Å²) in [6.07, 6.45) is 1.02. The number of hydrogen-bond acceptors (Lipinski definition) is 5. The van der Waals surface area contributed by atoms with Crippen LogP contribution in [0.5, 0.6) is 0 Å². The molecule has 3 atom stereocenters. The summed E-state index contributed by atoms with van der Waals surface area (Å²) < 4.78 is 0. The highest BCUT2D eigenvalue weighted by molar-refractivity contribution is 5.92. The van der Waals surface area contributed by atoms with E-state index in [4.69, 9.17) is 4.84 Å². The molecule has 2 N–H and O–H groups in total. The first-order valence-electron chi connectivity index (χ1n) is 9.97. The Balaban J connectivity index is 1.97. The first-order chi connectivity index (χ1) is 13.7. The van der Waals surface area contributed by atoms with Gasteiger partial charge in [-0.1, -0.05) is 27.7 Å². The summed E-state index contributed by atoms with van der Waals surface area (Å²) in [5.74, 6) is -0.396. The van der Waals surface area contributed by atoms with E-state index < -0.39 is 24.4 Å². The van der Waals surface area contributed by atoms with E-state index in [1.807, 2.05) is 0 Å². The molecule has 3 rings (SSSR count). The van der Waals surface area contributed by atoms with Crippen LogP contribution in [-0.2, 0) is 20.8 Å². The number of nitrogens with one attached hydrogen (secondary N) is 1. The molecule has 3 heterocycles. The van der Waals surface area contributed by atoms with Crippen LogP contribution >= 0.6 is 0 Å². The Morgan fingerprint density at radius 2 is 2.03 bits per heavy atom. The molecule has 0 spiro atoms. The third-order valence-electron chi connectivity index (χ3n) is 5.37. The molecule has 2 saturated heterocycles. The Bertz CT molecular complexity index is 750. The van der Waals surface area contributed by atoms with Crippen LogP contribution < -0.4 is 0 Å². The molecule has 3 amide bonds. The van der Waals surface area contributed by atoms with Gasteiger partial charge in [-0.2, -0.15) is 5.06 Å². The first kappa shape index (κ1) is 21.1. The third kappa shape index (κ3) is 4.21. The monoisotopic (exact) mass is 407 g/mol. The van der Waals surface area contributed by atoms with Gasteiger partial charge in [0.15, 0.2) is 12.3 Å². The van der Waals surface area contributed by atoms with Gasteiger partial charge in [-0.15, -0.1) is 0 Å². The second-order valence-corrected chi connectivity index (χ2v) is 8.37. The third-order valence-corrected chi connectivity index (χ3v) is 5.37. The van der Waals surface area contributed by atoms with Crippen molar-refractivity contribution in [2.24, 2.45) is 11.8 Å². The van der Waals surface area contributed by atoms with Crippen molar-refractivity contribution in [2.45, 2.75) is 58.8 Å². The van der Waals surface area contributed by atoms with Gasteiger partial charge >= 0.3 is 6.09 Å². The molecule has 1 aromatic rings. The number of hydroxylamine groups is 2. The summed E-state index contributed by atoms with van der Waals surface area (Å²) in [6, 6.07) is -0.819. The number of imidazole rings is 1. The molecule has 10 nitrogen and oxygen atoms in total. The molecule has 0 aromatic carbocycles. The minimum absolute atomic E-state index is 0.0912. The number of hydrogen-bond donors (Lipinski definition) is 2. The van der Waals surface area contributed by atoms with Crippen molar-refractivity contribution < 1.29 is 24.3 Å². The molecule has 29 heavy (non-hydrogen) atoms. The molecule has 1 aromatic heterocycles.